The van der Waals surface area contributed by atoms with Crippen molar-refractivity contribution >= 4 is 11.3 Å². The summed E-state index contributed by atoms with van der Waals surface area (Å²) < 4.78 is 2.12. The molecule has 1 aliphatic rings. The lowest BCUT2D eigenvalue weighted by Gasteiger charge is -2.17. The Labute approximate surface area is 125 Å². The zero-order valence-corrected chi connectivity index (χ0v) is 11.9. The van der Waals surface area contributed by atoms with Crippen LogP contribution in [-0.2, 0) is 0 Å². The zero-order valence-electron chi connectivity index (χ0n) is 11.1. The summed E-state index contributed by atoms with van der Waals surface area (Å²) >= 11 is 1.48. The van der Waals surface area contributed by atoms with Crippen molar-refractivity contribution in [1.82, 2.24) is 14.5 Å². The number of aromatic nitrogens is 3. The number of rotatable bonds is 4. The van der Waals surface area contributed by atoms with E-state index in [0.717, 1.165) is 11.4 Å². The first-order chi connectivity index (χ1) is 10.4. The third-order valence-corrected chi connectivity index (χ3v) is 4.57. The van der Waals surface area contributed by atoms with Crippen molar-refractivity contribution in [2.24, 2.45) is 5.18 Å². The monoisotopic (exact) mass is 296 g/mol. The molecule has 1 aromatic carbocycles. The highest BCUT2D eigenvalue weighted by atomic mass is 32.1. The lowest BCUT2D eigenvalue weighted by molar-refractivity contribution is 0.495. The average molecular weight is 296 g/mol. The number of thiazole rings is 1. The summed E-state index contributed by atoms with van der Waals surface area (Å²) in [7, 11) is 0. The highest BCUT2D eigenvalue weighted by Gasteiger charge is 2.31. The Morgan fingerprint density at radius 1 is 1.38 bits per heavy atom. The molecule has 0 amide bonds. The summed E-state index contributed by atoms with van der Waals surface area (Å²) in [5.74, 6) is 0. The Morgan fingerprint density at radius 2 is 2.29 bits per heavy atom. The van der Waals surface area contributed by atoms with Gasteiger partial charge in [-0.25, -0.2) is 9.97 Å². The van der Waals surface area contributed by atoms with E-state index < -0.39 is 6.04 Å². The number of benzene rings is 1. The lowest BCUT2D eigenvalue weighted by atomic mass is 9.97. The third-order valence-electron chi connectivity index (χ3n) is 3.96. The fourth-order valence-electron chi connectivity index (χ4n) is 2.99. The Morgan fingerprint density at radius 3 is 3.10 bits per heavy atom. The van der Waals surface area contributed by atoms with Crippen molar-refractivity contribution in [2.75, 3.05) is 0 Å². The summed E-state index contributed by atoms with van der Waals surface area (Å²) in [4.78, 5) is 19.7. The predicted octanol–water partition coefficient (Wildman–Crippen LogP) is 3.81. The highest BCUT2D eigenvalue weighted by Crippen LogP contribution is 2.43. The largest absolute Gasteiger partial charge is 0.323 e. The SMILES string of the molecule is O=NC(CC1c2ccccc2-c2cncn21)c1cscn1. The van der Waals surface area contributed by atoms with Crippen LogP contribution < -0.4 is 0 Å². The molecule has 6 heteroatoms. The van der Waals surface area contributed by atoms with Crippen LogP contribution in [0.4, 0.5) is 0 Å². The highest BCUT2D eigenvalue weighted by molar-refractivity contribution is 7.07. The molecule has 104 valence electrons. The Bertz CT molecular complexity index is 781. The fraction of sp³-hybridized carbons (Fsp3) is 0.200. The van der Waals surface area contributed by atoms with Gasteiger partial charge in [-0.3, -0.25) is 0 Å². The maximum atomic E-state index is 11.2. The first-order valence-corrected chi connectivity index (χ1v) is 7.64. The van der Waals surface area contributed by atoms with Crippen molar-refractivity contribution < 1.29 is 0 Å². The number of nitroso groups, excluding NO2 is 1. The van der Waals surface area contributed by atoms with Gasteiger partial charge >= 0.3 is 0 Å². The Hall–Kier alpha value is -2.34. The number of hydrogen-bond donors (Lipinski definition) is 0. The van der Waals surface area contributed by atoms with Gasteiger partial charge in [0.15, 0.2) is 0 Å². The van der Waals surface area contributed by atoms with E-state index in [1.165, 1.54) is 22.5 Å². The topological polar surface area (TPSA) is 60.1 Å². The summed E-state index contributed by atoms with van der Waals surface area (Å²) in [5.41, 5.74) is 5.99. The lowest BCUT2D eigenvalue weighted by Crippen LogP contribution is -2.09. The second-order valence-corrected chi connectivity index (χ2v) is 5.78. The maximum absolute atomic E-state index is 11.2. The minimum absolute atomic E-state index is 0.0862. The van der Waals surface area contributed by atoms with Crippen LogP contribution in [0.5, 0.6) is 0 Å². The van der Waals surface area contributed by atoms with Crippen molar-refractivity contribution in [3.63, 3.8) is 0 Å². The summed E-state index contributed by atoms with van der Waals surface area (Å²) in [6.45, 7) is 0. The van der Waals surface area contributed by atoms with Crippen LogP contribution >= 0.6 is 11.3 Å². The maximum Gasteiger partial charge on any atom is 0.137 e. The molecule has 0 radical (unpaired) electrons. The van der Waals surface area contributed by atoms with Crippen LogP contribution in [0.25, 0.3) is 11.3 Å². The van der Waals surface area contributed by atoms with Crippen LogP contribution in [0.2, 0.25) is 0 Å². The van der Waals surface area contributed by atoms with Crippen molar-refractivity contribution in [3.05, 3.63) is 63.8 Å². The molecule has 2 aromatic heterocycles. The van der Waals surface area contributed by atoms with Gasteiger partial charge in [0, 0.05) is 17.4 Å². The van der Waals surface area contributed by atoms with Gasteiger partial charge in [0.05, 0.1) is 35.5 Å². The quantitative estimate of drug-likeness (QED) is 0.688. The van der Waals surface area contributed by atoms with Gasteiger partial charge in [0.1, 0.15) is 6.04 Å². The predicted molar refractivity (Wildman–Crippen MR) is 81.1 cm³/mol. The minimum Gasteiger partial charge on any atom is -0.323 e. The van der Waals surface area contributed by atoms with E-state index in [0.29, 0.717) is 6.42 Å². The number of imidazole rings is 1. The number of nitrogens with zero attached hydrogens (tertiary/aromatic N) is 4. The molecule has 0 aliphatic carbocycles. The summed E-state index contributed by atoms with van der Waals surface area (Å²) in [5, 5.41) is 5.18. The first kappa shape index (κ1) is 12.4. The molecule has 0 fully saturated rings. The molecule has 5 nitrogen and oxygen atoms in total. The van der Waals surface area contributed by atoms with Crippen LogP contribution in [0.15, 0.2) is 52.9 Å². The van der Waals surface area contributed by atoms with Gasteiger partial charge in [0.25, 0.3) is 0 Å². The smallest absolute Gasteiger partial charge is 0.137 e. The molecule has 4 rings (SSSR count). The molecule has 3 aromatic rings. The molecule has 0 bridgehead atoms. The molecule has 2 atom stereocenters. The molecular weight excluding hydrogens is 284 g/mol. The van der Waals surface area contributed by atoms with Crippen molar-refractivity contribution in [3.8, 4) is 11.3 Å². The van der Waals surface area contributed by atoms with Crippen LogP contribution in [0, 0.1) is 4.91 Å². The summed E-state index contributed by atoms with van der Waals surface area (Å²) in [6, 6.07) is 7.91. The van der Waals surface area contributed by atoms with E-state index in [9.17, 15) is 4.91 Å². The Kier molecular flexibility index (Phi) is 2.89. The molecule has 1 aliphatic heterocycles. The second-order valence-electron chi connectivity index (χ2n) is 5.06. The van der Waals surface area contributed by atoms with Gasteiger partial charge in [-0.2, -0.15) is 4.91 Å². The average Bonchev–Trinajstić information content (AvgIpc) is 3.23. The van der Waals surface area contributed by atoms with Crippen molar-refractivity contribution in [1.29, 1.82) is 0 Å². The van der Waals surface area contributed by atoms with E-state index in [4.69, 9.17) is 0 Å². The van der Waals surface area contributed by atoms with E-state index >= 15 is 0 Å². The molecule has 3 heterocycles. The standard InChI is InChI=1S/C15H12N4OS/c20-18-12(13-7-21-9-17-13)5-14-10-3-1-2-4-11(10)15-6-16-8-19(14)15/h1-4,6-9,12,14H,5H2. The van der Waals surface area contributed by atoms with E-state index in [-0.39, 0.29) is 6.04 Å². The number of hydrogen-bond acceptors (Lipinski definition) is 5. The van der Waals surface area contributed by atoms with E-state index in [2.05, 4.69) is 31.8 Å². The van der Waals surface area contributed by atoms with Gasteiger partial charge in [0.2, 0.25) is 0 Å². The minimum atomic E-state index is -0.428. The third kappa shape index (κ3) is 1.91. The Balaban J connectivity index is 1.74. The molecule has 0 spiro atoms. The van der Waals surface area contributed by atoms with Crippen molar-refractivity contribution in [2.45, 2.75) is 18.5 Å². The second kappa shape index (κ2) is 4.89. The fourth-order valence-corrected chi connectivity index (χ4v) is 3.59. The van der Waals surface area contributed by atoms with Crippen LogP contribution in [0.3, 0.4) is 0 Å². The summed E-state index contributed by atoms with van der Waals surface area (Å²) in [6.07, 6.45) is 4.29. The molecule has 21 heavy (non-hydrogen) atoms. The van der Waals surface area contributed by atoms with Crippen LogP contribution in [-0.4, -0.2) is 14.5 Å². The van der Waals surface area contributed by atoms with E-state index in [1.54, 1.807) is 5.51 Å². The zero-order chi connectivity index (χ0) is 14.2. The molecule has 2 unspecified atom stereocenters. The molecule has 0 N–H and O–H groups in total. The molecule has 0 saturated carbocycles. The van der Waals surface area contributed by atoms with Gasteiger partial charge in [-0.15, -0.1) is 11.3 Å². The van der Waals surface area contributed by atoms with Gasteiger partial charge in [-0.05, 0) is 5.56 Å². The van der Waals surface area contributed by atoms with Gasteiger partial charge < -0.3 is 4.57 Å². The molecular formula is C15H12N4OS. The number of fused-ring (bicyclic) bond motifs is 3. The normalized spacial score (nSPS) is 17.2. The first-order valence-electron chi connectivity index (χ1n) is 6.70. The van der Waals surface area contributed by atoms with Crippen LogP contribution in [0.1, 0.15) is 29.8 Å². The molecule has 0 saturated heterocycles. The van der Waals surface area contributed by atoms with Gasteiger partial charge in [-0.1, -0.05) is 29.4 Å². The van der Waals surface area contributed by atoms with E-state index in [1.807, 2.05) is 30.0 Å².